The minimum atomic E-state index is 0.439. The second-order valence-electron chi connectivity index (χ2n) is 7.46. The quantitative estimate of drug-likeness (QED) is 0.715. The number of para-hydroxylation sites is 2. The summed E-state index contributed by atoms with van der Waals surface area (Å²) < 4.78 is 5.41. The van der Waals surface area contributed by atoms with Crippen molar-refractivity contribution in [2.75, 3.05) is 12.4 Å². The van der Waals surface area contributed by atoms with Gasteiger partial charge < -0.3 is 15.4 Å². The number of hydrogen-bond acceptors (Lipinski definition) is 4. The van der Waals surface area contributed by atoms with Crippen LogP contribution >= 0.6 is 23.6 Å². The van der Waals surface area contributed by atoms with E-state index in [1.165, 1.54) is 24.1 Å². The van der Waals surface area contributed by atoms with E-state index in [0.29, 0.717) is 23.2 Å². The van der Waals surface area contributed by atoms with Gasteiger partial charge in [0.1, 0.15) is 5.75 Å². The maximum absolute atomic E-state index is 5.59. The number of thiophene rings is 1. The number of anilines is 1. The van der Waals surface area contributed by atoms with Crippen molar-refractivity contribution < 1.29 is 4.74 Å². The first-order chi connectivity index (χ1) is 13.2. The number of ether oxygens (including phenoxy) is 1. The van der Waals surface area contributed by atoms with Crippen molar-refractivity contribution in [3.63, 3.8) is 0 Å². The lowest BCUT2D eigenvalue weighted by Crippen LogP contribution is -2.56. The lowest BCUT2D eigenvalue weighted by atomic mass is 9.81. The Labute approximate surface area is 170 Å². The molecule has 2 N–H and O–H groups in total. The third kappa shape index (κ3) is 4.45. The molecule has 1 aromatic carbocycles. The van der Waals surface area contributed by atoms with E-state index in [1.54, 1.807) is 7.11 Å². The molecular weight excluding hydrogens is 374 g/mol. The van der Waals surface area contributed by atoms with Crippen molar-refractivity contribution in [2.24, 2.45) is 0 Å². The van der Waals surface area contributed by atoms with Gasteiger partial charge in [-0.15, -0.1) is 11.3 Å². The van der Waals surface area contributed by atoms with Gasteiger partial charge in [0.25, 0.3) is 0 Å². The minimum absolute atomic E-state index is 0.439. The van der Waals surface area contributed by atoms with Gasteiger partial charge in [0, 0.05) is 29.5 Å². The van der Waals surface area contributed by atoms with Crippen molar-refractivity contribution in [3.05, 3.63) is 46.7 Å². The van der Waals surface area contributed by atoms with Gasteiger partial charge in [0.2, 0.25) is 0 Å². The number of fused-ring (bicyclic) bond motifs is 2. The highest BCUT2D eigenvalue weighted by atomic mass is 32.1. The Morgan fingerprint density at radius 2 is 1.96 bits per heavy atom. The highest BCUT2D eigenvalue weighted by molar-refractivity contribution is 7.80. The molecular formula is C21H27N3OS2. The zero-order valence-electron chi connectivity index (χ0n) is 15.7. The van der Waals surface area contributed by atoms with Gasteiger partial charge in [-0.25, -0.2) is 0 Å². The molecule has 6 heteroatoms. The van der Waals surface area contributed by atoms with Crippen LogP contribution in [0.3, 0.4) is 0 Å². The Kier molecular flexibility index (Phi) is 5.95. The smallest absolute Gasteiger partial charge is 0.171 e. The summed E-state index contributed by atoms with van der Waals surface area (Å²) in [6, 6.07) is 14.1. The normalized spacial score (nSPS) is 25.0. The van der Waals surface area contributed by atoms with Crippen LogP contribution in [-0.4, -0.2) is 35.2 Å². The van der Waals surface area contributed by atoms with E-state index in [-0.39, 0.29) is 0 Å². The number of nitrogens with zero attached hydrogens (tertiary/aromatic N) is 1. The van der Waals surface area contributed by atoms with Crippen LogP contribution in [0.15, 0.2) is 41.8 Å². The second-order valence-corrected chi connectivity index (χ2v) is 8.90. The largest absolute Gasteiger partial charge is 0.495 e. The Hall–Kier alpha value is -1.63. The Bertz CT molecular complexity index is 751. The zero-order chi connectivity index (χ0) is 18.6. The van der Waals surface area contributed by atoms with Crippen LogP contribution in [0.1, 0.15) is 37.0 Å². The number of methoxy groups -OCH3 is 1. The molecule has 4 nitrogen and oxygen atoms in total. The number of nitrogens with one attached hydrogen (secondary N) is 2. The van der Waals surface area contributed by atoms with Gasteiger partial charge in [-0.1, -0.05) is 24.6 Å². The van der Waals surface area contributed by atoms with Crippen LogP contribution in [0.25, 0.3) is 0 Å². The van der Waals surface area contributed by atoms with Crippen LogP contribution in [0.5, 0.6) is 5.75 Å². The van der Waals surface area contributed by atoms with E-state index in [0.717, 1.165) is 30.8 Å². The van der Waals surface area contributed by atoms with Crippen molar-refractivity contribution in [1.82, 2.24) is 10.2 Å². The first-order valence-electron chi connectivity index (χ1n) is 9.71. The Morgan fingerprint density at radius 1 is 1.19 bits per heavy atom. The molecule has 2 bridgehead atoms. The van der Waals surface area contributed by atoms with Crippen LogP contribution in [0.4, 0.5) is 5.69 Å². The van der Waals surface area contributed by atoms with E-state index in [2.05, 4.69) is 33.0 Å². The lowest BCUT2D eigenvalue weighted by Gasteiger charge is -2.49. The van der Waals surface area contributed by atoms with Crippen LogP contribution in [0, 0.1) is 0 Å². The molecule has 144 valence electrons. The van der Waals surface area contributed by atoms with Crippen molar-refractivity contribution in [2.45, 2.75) is 56.8 Å². The molecule has 0 amide bonds. The molecule has 27 heavy (non-hydrogen) atoms. The molecule has 0 unspecified atom stereocenters. The molecule has 3 heterocycles. The third-order valence-electron chi connectivity index (χ3n) is 5.73. The van der Waals surface area contributed by atoms with E-state index in [1.807, 2.05) is 35.6 Å². The van der Waals surface area contributed by atoms with Gasteiger partial charge in [0.05, 0.1) is 12.8 Å². The van der Waals surface area contributed by atoms with E-state index < -0.39 is 0 Å². The Balaban J connectivity index is 1.36. The fourth-order valence-electron chi connectivity index (χ4n) is 4.53. The van der Waals surface area contributed by atoms with Gasteiger partial charge in [-0.2, -0.15) is 0 Å². The summed E-state index contributed by atoms with van der Waals surface area (Å²) in [6.07, 6.45) is 6.28. The standard InChI is InChI=1S/C21H27N3OS2/c1-25-20-10-3-2-9-19(20)23-21(26)22-15-12-16-6-4-7-17(13-15)24(16)14-18-8-5-11-27-18/h2-3,5,8-11,15-17H,4,6-7,12-14H2,1H3,(H2,22,23,26)/t16-,17-/m1/s1. The minimum Gasteiger partial charge on any atom is -0.495 e. The monoisotopic (exact) mass is 401 g/mol. The van der Waals surface area contributed by atoms with Crippen LogP contribution in [0.2, 0.25) is 0 Å². The summed E-state index contributed by atoms with van der Waals surface area (Å²) >= 11 is 7.46. The SMILES string of the molecule is COc1ccccc1NC(=S)NC1C[C@H]2CCC[C@H](C1)N2Cc1cccs1. The summed E-state index contributed by atoms with van der Waals surface area (Å²) in [5.74, 6) is 0.810. The van der Waals surface area contributed by atoms with Crippen molar-refractivity contribution in [1.29, 1.82) is 0 Å². The first kappa shape index (κ1) is 18.7. The molecule has 0 saturated carbocycles. The summed E-state index contributed by atoms with van der Waals surface area (Å²) in [4.78, 5) is 4.22. The van der Waals surface area contributed by atoms with Crippen molar-refractivity contribution in [3.8, 4) is 5.75 Å². The number of hydrogen-bond donors (Lipinski definition) is 2. The van der Waals surface area contributed by atoms with Gasteiger partial charge in [0.15, 0.2) is 5.11 Å². The maximum atomic E-state index is 5.59. The second kappa shape index (κ2) is 8.59. The molecule has 0 radical (unpaired) electrons. The molecule has 1 aromatic heterocycles. The average molecular weight is 402 g/mol. The van der Waals surface area contributed by atoms with Crippen LogP contribution < -0.4 is 15.4 Å². The number of benzene rings is 1. The molecule has 2 aromatic rings. The number of thiocarbonyl (C=S) groups is 1. The molecule has 4 rings (SSSR count). The van der Waals surface area contributed by atoms with Gasteiger partial charge in [-0.3, -0.25) is 4.90 Å². The highest BCUT2D eigenvalue weighted by Crippen LogP contribution is 2.36. The van der Waals surface area contributed by atoms with Crippen LogP contribution in [-0.2, 0) is 6.54 Å². The van der Waals surface area contributed by atoms with E-state index in [4.69, 9.17) is 17.0 Å². The molecule has 2 fully saturated rings. The number of rotatable bonds is 5. The van der Waals surface area contributed by atoms with Crippen molar-refractivity contribution >= 4 is 34.4 Å². The summed E-state index contributed by atoms with van der Waals surface area (Å²) in [7, 11) is 1.68. The molecule has 2 aliphatic heterocycles. The fourth-order valence-corrected chi connectivity index (χ4v) is 5.52. The predicted octanol–water partition coefficient (Wildman–Crippen LogP) is 4.63. The fraction of sp³-hybridized carbons (Fsp3) is 0.476. The zero-order valence-corrected chi connectivity index (χ0v) is 17.3. The molecule has 2 atom stereocenters. The Morgan fingerprint density at radius 3 is 2.67 bits per heavy atom. The highest BCUT2D eigenvalue weighted by Gasteiger charge is 2.38. The third-order valence-corrected chi connectivity index (χ3v) is 6.82. The molecule has 0 spiro atoms. The summed E-state index contributed by atoms with van der Waals surface area (Å²) in [5.41, 5.74) is 0.910. The summed E-state index contributed by atoms with van der Waals surface area (Å²) in [6.45, 7) is 1.10. The number of piperidine rings is 2. The lowest BCUT2D eigenvalue weighted by molar-refractivity contribution is 0.0220. The molecule has 2 aliphatic rings. The topological polar surface area (TPSA) is 36.5 Å². The molecule has 2 saturated heterocycles. The average Bonchev–Trinajstić information content (AvgIpc) is 3.16. The van der Waals surface area contributed by atoms with Gasteiger partial charge in [-0.05, 0) is 61.5 Å². The predicted molar refractivity (Wildman–Crippen MR) is 117 cm³/mol. The van der Waals surface area contributed by atoms with E-state index >= 15 is 0 Å². The summed E-state index contributed by atoms with van der Waals surface area (Å²) in [5, 5.41) is 9.74. The molecule has 0 aliphatic carbocycles. The maximum Gasteiger partial charge on any atom is 0.171 e. The first-order valence-corrected chi connectivity index (χ1v) is 11.0. The van der Waals surface area contributed by atoms with E-state index in [9.17, 15) is 0 Å². The van der Waals surface area contributed by atoms with Gasteiger partial charge >= 0.3 is 0 Å².